The molecule has 0 aromatic heterocycles. The van der Waals surface area contributed by atoms with E-state index in [0.29, 0.717) is 11.3 Å². The predicted molar refractivity (Wildman–Crippen MR) is 84.1 cm³/mol. The molecule has 104 valence electrons. The molecule has 0 saturated carbocycles. The summed E-state index contributed by atoms with van der Waals surface area (Å²) in [5.74, 6) is -0.573. The third kappa shape index (κ3) is 3.17. The summed E-state index contributed by atoms with van der Waals surface area (Å²) in [7, 11) is 0. The maximum absolute atomic E-state index is 11.9. The molecule has 0 bridgehead atoms. The highest BCUT2D eigenvalue weighted by atomic mass is 79.9. The summed E-state index contributed by atoms with van der Waals surface area (Å²) in [6.45, 7) is 3.56. The Morgan fingerprint density at radius 1 is 1.10 bits per heavy atom. The zero-order valence-electron chi connectivity index (χ0n) is 11.2. The molecule has 0 radical (unpaired) electrons. The molecule has 0 fully saturated rings. The van der Waals surface area contributed by atoms with Gasteiger partial charge in [0.2, 0.25) is 11.8 Å². The molecule has 0 aliphatic heterocycles. The van der Waals surface area contributed by atoms with E-state index >= 15 is 0 Å². The highest BCUT2D eigenvalue weighted by Crippen LogP contribution is 2.23. The second-order valence-corrected chi connectivity index (χ2v) is 7.05. The highest BCUT2D eigenvalue weighted by molar-refractivity contribution is 9.10. The van der Waals surface area contributed by atoms with Crippen LogP contribution in [0.3, 0.4) is 0 Å². The lowest BCUT2D eigenvalue weighted by Crippen LogP contribution is -2.30. The smallest absolute Gasteiger partial charge is 0.248 e. The van der Waals surface area contributed by atoms with Gasteiger partial charge in [0.1, 0.15) is 0 Å². The summed E-state index contributed by atoms with van der Waals surface area (Å²) in [6.07, 6.45) is 0. The molecule has 0 saturated heterocycles. The third-order valence-corrected chi connectivity index (χ3v) is 3.28. The summed E-state index contributed by atoms with van der Waals surface area (Å²) < 4.78 is -0.627. The molecule has 0 aliphatic rings. The summed E-state index contributed by atoms with van der Waals surface area (Å²) in [6, 6.07) is 10.7. The van der Waals surface area contributed by atoms with Crippen LogP contribution in [0.25, 0.3) is 10.8 Å². The van der Waals surface area contributed by atoms with E-state index in [1.54, 1.807) is 32.0 Å². The van der Waals surface area contributed by atoms with Gasteiger partial charge in [0.15, 0.2) is 0 Å². The summed E-state index contributed by atoms with van der Waals surface area (Å²) in [5.41, 5.74) is 6.43. The lowest BCUT2D eigenvalue weighted by atomic mass is 10.1. The number of fused-ring (bicyclic) bond motifs is 1. The Balaban J connectivity index is 2.33. The van der Waals surface area contributed by atoms with Gasteiger partial charge in [-0.3, -0.25) is 9.59 Å². The zero-order valence-corrected chi connectivity index (χ0v) is 12.8. The molecular formula is C15H15BrN2O2. The van der Waals surface area contributed by atoms with E-state index in [1.165, 1.54) is 0 Å². The van der Waals surface area contributed by atoms with Gasteiger partial charge >= 0.3 is 0 Å². The van der Waals surface area contributed by atoms with E-state index < -0.39 is 10.2 Å². The Kier molecular flexibility index (Phi) is 3.81. The van der Waals surface area contributed by atoms with E-state index in [9.17, 15) is 9.59 Å². The van der Waals surface area contributed by atoms with Crippen LogP contribution in [0.2, 0.25) is 0 Å². The minimum atomic E-state index is -0.627. The van der Waals surface area contributed by atoms with E-state index in [1.807, 2.05) is 18.2 Å². The molecule has 2 aromatic rings. The van der Waals surface area contributed by atoms with Crippen molar-refractivity contribution in [2.45, 2.75) is 18.2 Å². The molecule has 0 aliphatic carbocycles. The van der Waals surface area contributed by atoms with Gasteiger partial charge in [-0.1, -0.05) is 28.1 Å². The molecule has 0 atom stereocenters. The second kappa shape index (κ2) is 5.25. The molecular weight excluding hydrogens is 320 g/mol. The highest BCUT2D eigenvalue weighted by Gasteiger charge is 2.23. The molecule has 2 aromatic carbocycles. The number of alkyl halides is 1. The number of hydrogen-bond donors (Lipinski definition) is 2. The molecule has 5 heteroatoms. The lowest BCUT2D eigenvalue weighted by molar-refractivity contribution is -0.117. The van der Waals surface area contributed by atoms with Crippen LogP contribution in [-0.2, 0) is 4.79 Å². The molecule has 3 N–H and O–H groups in total. The minimum absolute atomic E-state index is 0.120. The molecule has 20 heavy (non-hydrogen) atoms. The number of anilines is 1. The van der Waals surface area contributed by atoms with Crippen molar-refractivity contribution in [3.63, 3.8) is 0 Å². The van der Waals surface area contributed by atoms with E-state index in [-0.39, 0.29) is 5.91 Å². The fourth-order valence-electron chi connectivity index (χ4n) is 1.76. The number of amides is 2. The van der Waals surface area contributed by atoms with Gasteiger partial charge < -0.3 is 11.1 Å². The number of primary amides is 1. The van der Waals surface area contributed by atoms with E-state index in [2.05, 4.69) is 21.2 Å². The molecule has 0 unspecified atom stereocenters. The molecule has 2 rings (SSSR count). The standard InChI is InChI=1S/C15H15BrN2O2/c1-15(2,16)14(20)18-12-6-5-9-7-11(13(17)19)4-3-10(9)8-12/h3-8H,1-2H3,(H2,17,19)(H,18,20). The SMILES string of the molecule is CC(C)(Br)C(=O)Nc1ccc2cc(C(N)=O)ccc2c1. The topological polar surface area (TPSA) is 72.2 Å². The number of halogens is 1. The number of hydrogen-bond acceptors (Lipinski definition) is 2. The van der Waals surface area contributed by atoms with Crippen LogP contribution in [0.15, 0.2) is 36.4 Å². The van der Waals surface area contributed by atoms with Crippen molar-refractivity contribution >= 4 is 44.2 Å². The molecule has 4 nitrogen and oxygen atoms in total. The zero-order chi connectivity index (χ0) is 14.9. The first-order valence-electron chi connectivity index (χ1n) is 6.11. The lowest BCUT2D eigenvalue weighted by Gasteiger charge is -2.16. The van der Waals surface area contributed by atoms with E-state index in [0.717, 1.165) is 10.8 Å². The first-order valence-corrected chi connectivity index (χ1v) is 6.90. The van der Waals surface area contributed by atoms with Gasteiger partial charge in [-0.2, -0.15) is 0 Å². The Labute approximate surface area is 125 Å². The first kappa shape index (κ1) is 14.5. The van der Waals surface area contributed by atoms with Crippen molar-refractivity contribution in [2.75, 3.05) is 5.32 Å². The van der Waals surface area contributed by atoms with Crippen LogP contribution in [0, 0.1) is 0 Å². The number of carbonyl (C=O) groups is 2. The fraction of sp³-hybridized carbons (Fsp3) is 0.200. The minimum Gasteiger partial charge on any atom is -0.366 e. The number of carbonyl (C=O) groups excluding carboxylic acids is 2. The van der Waals surface area contributed by atoms with Crippen molar-refractivity contribution in [3.05, 3.63) is 42.0 Å². The number of benzene rings is 2. The largest absolute Gasteiger partial charge is 0.366 e. The van der Waals surface area contributed by atoms with Crippen LogP contribution in [0.4, 0.5) is 5.69 Å². The monoisotopic (exact) mass is 334 g/mol. The second-order valence-electron chi connectivity index (χ2n) is 5.07. The van der Waals surface area contributed by atoms with Crippen molar-refractivity contribution in [1.82, 2.24) is 0 Å². The Morgan fingerprint density at radius 3 is 2.30 bits per heavy atom. The van der Waals surface area contributed by atoms with Crippen LogP contribution in [0.5, 0.6) is 0 Å². The third-order valence-electron chi connectivity index (χ3n) is 2.92. The van der Waals surface area contributed by atoms with E-state index in [4.69, 9.17) is 5.73 Å². The Morgan fingerprint density at radius 2 is 1.70 bits per heavy atom. The first-order chi connectivity index (χ1) is 9.27. The maximum atomic E-state index is 11.9. The number of rotatable bonds is 3. The van der Waals surface area contributed by atoms with Crippen LogP contribution < -0.4 is 11.1 Å². The van der Waals surface area contributed by atoms with Crippen LogP contribution in [0.1, 0.15) is 24.2 Å². The number of nitrogens with two attached hydrogens (primary N) is 1. The fourth-order valence-corrected chi connectivity index (χ4v) is 1.86. The summed E-state index contributed by atoms with van der Waals surface area (Å²) >= 11 is 3.31. The summed E-state index contributed by atoms with van der Waals surface area (Å²) in [4.78, 5) is 23.0. The van der Waals surface area contributed by atoms with Crippen molar-refractivity contribution in [2.24, 2.45) is 5.73 Å². The van der Waals surface area contributed by atoms with Gasteiger partial charge in [0.05, 0.1) is 4.32 Å². The average molecular weight is 335 g/mol. The van der Waals surface area contributed by atoms with Gasteiger partial charge in [-0.15, -0.1) is 0 Å². The molecule has 0 heterocycles. The molecule has 2 amide bonds. The van der Waals surface area contributed by atoms with Crippen molar-refractivity contribution in [3.8, 4) is 0 Å². The molecule has 0 spiro atoms. The van der Waals surface area contributed by atoms with Gasteiger partial charge in [0.25, 0.3) is 0 Å². The predicted octanol–water partition coefficient (Wildman–Crippen LogP) is 3.05. The number of nitrogens with one attached hydrogen (secondary N) is 1. The average Bonchev–Trinajstić information content (AvgIpc) is 2.36. The normalized spacial score (nSPS) is 11.3. The van der Waals surface area contributed by atoms with Crippen molar-refractivity contribution in [1.29, 1.82) is 0 Å². The van der Waals surface area contributed by atoms with Gasteiger partial charge in [0, 0.05) is 11.3 Å². The maximum Gasteiger partial charge on any atom is 0.248 e. The van der Waals surface area contributed by atoms with Crippen LogP contribution >= 0.6 is 15.9 Å². The Bertz CT molecular complexity index is 690. The van der Waals surface area contributed by atoms with Gasteiger partial charge in [-0.25, -0.2) is 0 Å². The quantitative estimate of drug-likeness (QED) is 0.846. The summed E-state index contributed by atoms with van der Waals surface area (Å²) in [5, 5.41) is 4.67. The van der Waals surface area contributed by atoms with Gasteiger partial charge in [-0.05, 0) is 48.9 Å². The van der Waals surface area contributed by atoms with Crippen molar-refractivity contribution < 1.29 is 9.59 Å². The Hall–Kier alpha value is -1.88. The van der Waals surface area contributed by atoms with Crippen LogP contribution in [-0.4, -0.2) is 16.1 Å².